The minimum absolute atomic E-state index is 0.309. The Balaban J connectivity index is 1.64. The highest BCUT2D eigenvalue weighted by Gasteiger charge is 2.18. The zero-order valence-electron chi connectivity index (χ0n) is 10.1. The molecule has 94 valence electrons. The van der Waals surface area contributed by atoms with Gasteiger partial charge in [-0.25, -0.2) is 0 Å². The van der Waals surface area contributed by atoms with E-state index in [1.807, 2.05) is 31.2 Å². The molecule has 1 aromatic carbocycles. The van der Waals surface area contributed by atoms with Gasteiger partial charge < -0.3 is 19.9 Å². The highest BCUT2D eigenvalue weighted by molar-refractivity contribution is 5.26. The summed E-state index contributed by atoms with van der Waals surface area (Å²) in [7, 11) is 0. The van der Waals surface area contributed by atoms with Crippen molar-refractivity contribution in [2.45, 2.75) is 19.1 Å². The number of aliphatic hydroxyl groups is 1. The summed E-state index contributed by atoms with van der Waals surface area (Å²) < 4.78 is 10.5. The van der Waals surface area contributed by atoms with Crippen molar-refractivity contribution >= 4 is 0 Å². The molecule has 0 amide bonds. The Hall–Kier alpha value is -1.10. The van der Waals surface area contributed by atoms with Gasteiger partial charge in [-0.05, 0) is 19.1 Å². The number of ether oxygens (including phenoxy) is 2. The van der Waals surface area contributed by atoms with Gasteiger partial charge in [0.15, 0.2) is 0 Å². The molecule has 0 radical (unpaired) electrons. The van der Waals surface area contributed by atoms with E-state index >= 15 is 0 Å². The molecule has 0 saturated carbocycles. The Morgan fingerprint density at radius 1 is 1.41 bits per heavy atom. The van der Waals surface area contributed by atoms with Crippen molar-refractivity contribution in [2.24, 2.45) is 0 Å². The molecule has 0 bridgehead atoms. The topological polar surface area (TPSA) is 50.7 Å². The number of rotatable bonds is 6. The van der Waals surface area contributed by atoms with Crippen LogP contribution in [0.25, 0.3) is 0 Å². The maximum absolute atomic E-state index is 9.71. The third-order valence-electron chi connectivity index (χ3n) is 2.74. The highest BCUT2D eigenvalue weighted by atomic mass is 16.5. The quantitative estimate of drug-likeness (QED) is 0.765. The summed E-state index contributed by atoms with van der Waals surface area (Å²) in [6, 6.07) is 8.20. The maximum Gasteiger partial charge on any atom is 0.119 e. The second-order valence-corrected chi connectivity index (χ2v) is 4.42. The summed E-state index contributed by atoms with van der Waals surface area (Å²) in [6.07, 6.45) is -0.489. The fraction of sp³-hybridized carbons (Fsp3) is 0.538. The fourth-order valence-electron chi connectivity index (χ4n) is 1.54. The first kappa shape index (κ1) is 12.4. The van der Waals surface area contributed by atoms with Crippen LogP contribution in [-0.4, -0.2) is 43.6 Å². The summed E-state index contributed by atoms with van der Waals surface area (Å²) in [6.45, 7) is 4.36. The zero-order chi connectivity index (χ0) is 12.1. The zero-order valence-corrected chi connectivity index (χ0v) is 10.1. The average molecular weight is 237 g/mol. The van der Waals surface area contributed by atoms with E-state index in [1.54, 1.807) is 0 Å². The van der Waals surface area contributed by atoms with E-state index in [0.717, 1.165) is 19.0 Å². The molecule has 1 saturated heterocycles. The van der Waals surface area contributed by atoms with Gasteiger partial charge in [-0.15, -0.1) is 0 Å². The number of hydrogen-bond donors (Lipinski definition) is 2. The Morgan fingerprint density at radius 2 is 2.12 bits per heavy atom. The molecule has 1 aliphatic rings. The Kier molecular flexibility index (Phi) is 4.36. The molecular weight excluding hydrogens is 218 g/mol. The van der Waals surface area contributed by atoms with E-state index in [2.05, 4.69) is 5.32 Å². The number of aryl methyl sites for hydroxylation is 1. The summed E-state index contributed by atoms with van der Waals surface area (Å²) in [4.78, 5) is 0. The lowest BCUT2D eigenvalue weighted by Crippen LogP contribution is -2.49. The third kappa shape index (κ3) is 4.00. The van der Waals surface area contributed by atoms with Crippen LogP contribution in [0.3, 0.4) is 0 Å². The van der Waals surface area contributed by atoms with Crippen LogP contribution in [0.2, 0.25) is 0 Å². The number of hydrogen-bond acceptors (Lipinski definition) is 4. The molecule has 1 aliphatic heterocycles. The largest absolute Gasteiger partial charge is 0.491 e. The molecule has 1 atom stereocenters. The van der Waals surface area contributed by atoms with Gasteiger partial charge in [0.25, 0.3) is 0 Å². The highest BCUT2D eigenvalue weighted by Crippen LogP contribution is 2.11. The summed E-state index contributed by atoms with van der Waals surface area (Å²) in [5.41, 5.74) is 1.20. The smallest absolute Gasteiger partial charge is 0.119 e. The Labute approximate surface area is 102 Å². The van der Waals surface area contributed by atoms with Crippen LogP contribution in [0, 0.1) is 6.92 Å². The summed E-state index contributed by atoms with van der Waals surface area (Å²) in [5.74, 6) is 0.793. The van der Waals surface area contributed by atoms with E-state index in [4.69, 9.17) is 9.47 Å². The van der Waals surface area contributed by atoms with Crippen LogP contribution in [0.15, 0.2) is 24.3 Å². The predicted molar refractivity (Wildman–Crippen MR) is 65.3 cm³/mol. The van der Waals surface area contributed by atoms with Crippen molar-refractivity contribution in [3.8, 4) is 5.75 Å². The van der Waals surface area contributed by atoms with Gasteiger partial charge in [0, 0.05) is 6.54 Å². The minimum Gasteiger partial charge on any atom is -0.491 e. The second-order valence-electron chi connectivity index (χ2n) is 4.42. The van der Waals surface area contributed by atoms with Crippen LogP contribution < -0.4 is 10.1 Å². The lowest BCUT2D eigenvalue weighted by molar-refractivity contribution is -0.0118. The van der Waals surface area contributed by atoms with E-state index in [9.17, 15) is 5.11 Å². The first-order chi connectivity index (χ1) is 8.24. The van der Waals surface area contributed by atoms with Gasteiger partial charge in [0.2, 0.25) is 0 Å². The van der Waals surface area contributed by atoms with Crippen LogP contribution in [-0.2, 0) is 4.74 Å². The monoisotopic (exact) mass is 237 g/mol. The minimum atomic E-state index is -0.489. The van der Waals surface area contributed by atoms with Gasteiger partial charge in [-0.2, -0.15) is 0 Å². The molecule has 0 aliphatic carbocycles. The number of benzene rings is 1. The molecule has 1 fully saturated rings. The van der Waals surface area contributed by atoms with Crippen LogP contribution >= 0.6 is 0 Å². The van der Waals surface area contributed by atoms with E-state index < -0.39 is 6.10 Å². The van der Waals surface area contributed by atoms with E-state index in [0.29, 0.717) is 19.2 Å². The SMILES string of the molecule is Cc1ccc(OCC(O)CNC2COC2)cc1. The van der Waals surface area contributed by atoms with Crippen LogP contribution in [0.4, 0.5) is 0 Å². The van der Waals surface area contributed by atoms with E-state index in [1.165, 1.54) is 5.56 Å². The number of nitrogens with one attached hydrogen (secondary N) is 1. The summed E-state index contributed by atoms with van der Waals surface area (Å²) >= 11 is 0. The van der Waals surface area contributed by atoms with Crippen LogP contribution in [0.1, 0.15) is 5.56 Å². The molecule has 0 spiro atoms. The molecule has 2 rings (SSSR count). The first-order valence-corrected chi connectivity index (χ1v) is 5.92. The van der Waals surface area contributed by atoms with Crippen LogP contribution in [0.5, 0.6) is 5.75 Å². The predicted octanol–water partition coefficient (Wildman–Crippen LogP) is 0.723. The fourth-order valence-corrected chi connectivity index (χ4v) is 1.54. The lowest BCUT2D eigenvalue weighted by atomic mass is 10.2. The van der Waals surface area contributed by atoms with Crippen molar-refractivity contribution in [3.05, 3.63) is 29.8 Å². The van der Waals surface area contributed by atoms with Gasteiger partial charge in [0.05, 0.1) is 19.3 Å². The molecule has 2 N–H and O–H groups in total. The standard InChI is InChI=1S/C13H19NO3/c1-10-2-4-13(5-3-10)17-9-12(15)6-14-11-7-16-8-11/h2-5,11-12,14-15H,6-9H2,1H3. The lowest BCUT2D eigenvalue weighted by Gasteiger charge is -2.28. The molecule has 4 nitrogen and oxygen atoms in total. The van der Waals surface area contributed by atoms with Crippen molar-refractivity contribution in [3.63, 3.8) is 0 Å². The molecule has 1 aromatic rings. The van der Waals surface area contributed by atoms with Crippen molar-refractivity contribution in [2.75, 3.05) is 26.4 Å². The van der Waals surface area contributed by atoms with E-state index in [-0.39, 0.29) is 0 Å². The molecular formula is C13H19NO3. The van der Waals surface area contributed by atoms with Gasteiger partial charge in [0.1, 0.15) is 18.5 Å². The normalized spacial score (nSPS) is 17.5. The maximum atomic E-state index is 9.71. The second kappa shape index (κ2) is 6.00. The van der Waals surface area contributed by atoms with Gasteiger partial charge in [-0.1, -0.05) is 17.7 Å². The first-order valence-electron chi connectivity index (χ1n) is 5.92. The van der Waals surface area contributed by atoms with Crippen molar-refractivity contribution in [1.29, 1.82) is 0 Å². The Morgan fingerprint density at radius 3 is 2.71 bits per heavy atom. The molecule has 17 heavy (non-hydrogen) atoms. The third-order valence-corrected chi connectivity index (χ3v) is 2.74. The molecule has 0 aromatic heterocycles. The molecule has 4 heteroatoms. The van der Waals surface area contributed by atoms with Crippen molar-refractivity contribution < 1.29 is 14.6 Å². The van der Waals surface area contributed by atoms with Gasteiger partial charge in [-0.3, -0.25) is 0 Å². The molecule has 1 heterocycles. The Bertz CT molecular complexity index is 335. The molecule has 1 unspecified atom stereocenters. The summed E-state index contributed by atoms with van der Waals surface area (Å²) in [5, 5.41) is 12.9. The van der Waals surface area contributed by atoms with Gasteiger partial charge >= 0.3 is 0 Å². The van der Waals surface area contributed by atoms with Crippen molar-refractivity contribution in [1.82, 2.24) is 5.32 Å². The number of aliphatic hydroxyl groups excluding tert-OH is 1. The average Bonchev–Trinajstić information content (AvgIpc) is 2.26.